The molecule has 0 radical (unpaired) electrons. The molecule has 2 heterocycles. The predicted molar refractivity (Wildman–Crippen MR) is 135 cm³/mol. The van der Waals surface area contributed by atoms with Crippen LogP contribution in [0.4, 0.5) is 11.8 Å². The van der Waals surface area contributed by atoms with Crippen LogP contribution in [0.1, 0.15) is 18.5 Å². The van der Waals surface area contributed by atoms with E-state index in [4.69, 9.17) is 9.97 Å². The van der Waals surface area contributed by atoms with Gasteiger partial charge < -0.3 is 10.2 Å². The zero-order chi connectivity index (χ0) is 23.5. The molecule has 0 saturated carbocycles. The summed E-state index contributed by atoms with van der Waals surface area (Å²) in [4.78, 5) is 12.0. The van der Waals surface area contributed by atoms with Gasteiger partial charge in [-0.1, -0.05) is 60.7 Å². The lowest BCUT2D eigenvalue weighted by molar-refractivity contribution is 0.382. The molecule has 1 fully saturated rings. The number of nitrogens with one attached hydrogen (secondary N) is 1. The van der Waals surface area contributed by atoms with Crippen LogP contribution in [-0.4, -0.2) is 48.9 Å². The van der Waals surface area contributed by atoms with Crippen molar-refractivity contribution in [2.45, 2.75) is 17.9 Å². The van der Waals surface area contributed by atoms with Crippen LogP contribution in [0.3, 0.4) is 0 Å². The van der Waals surface area contributed by atoms with E-state index in [1.807, 2.05) is 48.5 Å². The fraction of sp³-hybridized carbons (Fsp3) is 0.231. The fourth-order valence-electron chi connectivity index (χ4n) is 4.22. The average molecular weight is 474 g/mol. The van der Waals surface area contributed by atoms with Gasteiger partial charge in [-0.2, -0.15) is 9.29 Å². The van der Waals surface area contributed by atoms with E-state index in [-0.39, 0.29) is 6.04 Å². The molecule has 1 saturated heterocycles. The van der Waals surface area contributed by atoms with Crippen molar-refractivity contribution < 1.29 is 8.42 Å². The molecule has 0 aliphatic carbocycles. The second kappa shape index (κ2) is 9.40. The Morgan fingerprint density at radius 3 is 2.12 bits per heavy atom. The monoisotopic (exact) mass is 473 g/mol. The zero-order valence-electron chi connectivity index (χ0n) is 19.0. The van der Waals surface area contributed by atoms with E-state index < -0.39 is 10.0 Å². The van der Waals surface area contributed by atoms with Gasteiger partial charge in [0, 0.05) is 37.6 Å². The van der Waals surface area contributed by atoms with Crippen LogP contribution in [0.2, 0.25) is 0 Å². The van der Waals surface area contributed by atoms with Crippen molar-refractivity contribution in [3.63, 3.8) is 0 Å². The van der Waals surface area contributed by atoms with Crippen molar-refractivity contribution in [3.05, 3.63) is 90.5 Å². The molecule has 4 aromatic rings. The van der Waals surface area contributed by atoms with Crippen molar-refractivity contribution in [2.75, 3.05) is 36.4 Å². The first kappa shape index (κ1) is 22.3. The van der Waals surface area contributed by atoms with E-state index in [1.165, 1.54) is 9.87 Å². The molecule has 1 N–H and O–H groups in total. The summed E-state index contributed by atoms with van der Waals surface area (Å²) in [5.41, 5.74) is 2.03. The van der Waals surface area contributed by atoms with Gasteiger partial charge in [0.15, 0.2) is 0 Å². The minimum atomic E-state index is -3.50. The van der Waals surface area contributed by atoms with Crippen molar-refractivity contribution in [3.8, 4) is 0 Å². The molecule has 1 aliphatic heterocycles. The van der Waals surface area contributed by atoms with E-state index >= 15 is 0 Å². The molecule has 8 heteroatoms. The molecule has 1 aromatic heterocycles. The lowest BCUT2D eigenvalue weighted by Gasteiger charge is -2.34. The lowest BCUT2D eigenvalue weighted by atomic mass is 10.1. The number of piperazine rings is 1. The Morgan fingerprint density at radius 2 is 1.41 bits per heavy atom. The van der Waals surface area contributed by atoms with Crippen LogP contribution >= 0.6 is 0 Å². The Hall–Kier alpha value is -3.49. The summed E-state index contributed by atoms with van der Waals surface area (Å²) in [6.45, 7) is 3.93. The molecule has 34 heavy (non-hydrogen) atoms. The Kier molecular flexibility index (Phi) is 6.17. The topological polar surface area (TPSA) is 78.4 Å². The summed E-state index contributed by atoms with van der Waals surface area (Å²) >= 11 is 0. The molecule has 1 atom stereocenters. The smallest absolute Gasteiger partial charge is 0.243 e. The second-order valence-electron chi connectivity index (χ2n) is 8.37. The van der Waals surface area contributed by atoms with E-state index in [9.17, 15) is 8.42 Å². The highest BCUT2D eigenvalue weighted by Crippen LogP contribution is 2.28. The van der Waals surface area contributed by atoms with Gasteiger partial charge >= 0.3 is 0 Å². The van der Waals surface area contributed by atoms with Crippen molar-refractivity contribution in [1.82, 2.24) is 14.3 Å². The van der Waals surface area contributed by atoms with E-state index in [1.54, 1.807) is 24.3 Å². The molecule has 0 unspecified atom stereocenters. The Morgan fingerprint density at radius 1 is 0.794 bits per heavy atom. The number of fused-ring (bicyclic) bond motifs is 1. The molecular formula is C26H27N5O2S. The third kappa shape index (κ3) is 4.47. The normalized spacial score (nSPS) is 15.9. The van der Waals surface area contributed by atoms with Crippen LogP contribution < -0.4 is 10.2 Å². The van der Waals surface area contributed by atoms with Gasteiger partial charge in [-0.15, -0.1) is 0 Å². The SMILES string of the molecule is C[C@@H](Nc1nc(N2CCN(S(=O)(=O)c3ccccc3)CC2)nc2ccccc12)c1ccccc1. The molecule has 0 amide bonds. The fourth-order valence-corrected chi connectivity index (χ4v) is 5.66. The Bertz CT molecular complexity index is 1370. The van der Waals surface area contributed by atoms with Gasteiger partial charge in [-0.3, -0.25) is 0 Å². The number of nitrogens with zero attached hydrogens (tertiary/aromatic N) is 4. The first-order valence-electron chi connectivity index (χ1n) is 11.4. The minimum absolute atomic E-state index is 0.0696. The number of anilines is 2. The maximum atomic E-state index is 13.0. The van der Waals surface area contributed by atoms with E-state index in [0.29, 0.717) is 37.0 Å². The maximum Gasteiger partial charge on any atom is 0.243 e. The molecule has 7 nitrogen and oxygen atoms in total. The molecule has 5 rings (SSSR count). The Labute approximate surface area is 200 Å². The summed E-state index contributed by atoms with van der Waals surface area (Å²) in [6.07, 6.45) is 0. The third-order valence-electron chi connectivity index (χ3n) is 6.15. The number of hydrogen-bond donors (Lipinski definition) is 1. The van der Waals surface area contributed by atoms with E-state index in [0.717, 1.165) is 16.7 Å². The number of sulfonamides is 1. The molecule has 174 valence electrons. The number of benzene rings is 3. The van der Waals surface area contributed by atoms with Crippen LogP contribution in [0.5, 0.6) is 0 Å². The summed E-state index contributed by atoms with van der Waals surface area (Å²) in [6, 6.07) is 26.9. The van der Waals surface area contributed by atoms with Crippen LogP contribution in [0.15, 0.2) is 89.8 Å². The van der Waals surface area contributed by atoms with Gasteiger partial charge in [0.05, 0.1) is 10.4 Å². The van der Waals surface area contributed by atoms with Gasteiger partial charge in [0.1, 0.15) is 5.82 Å². The molecular weight excluding hydrogens is 446 g/mol. The predicted octanol–water partition coefficient (Wildman–Crippen LogP) is 4.31. The zero-order valence-corrected chi connectivity index (χ0v) is 19.8. The first-order valence-corrected chi connectivity index (χ1v) is 12.8. The van der Waals surface area contributed by atoms with Crippen LogP contribution in [-0.2, 0) is 10.0 Å². The highest BCUT2D eigenvalue weighted by Gasteiger charge is 2.29. The number of hydrogen-bond acceptors (Lipinski definition) is 6. The summed E-state index contributed by atoms with van der Waals surface area (Å²) in [5, 5.41) is 4.51. The van der Waals surface area contributed by atoms with Crippen molar-refractivity contribution in [2.24, 2.45) is 0 Å². The van der Waals surface area contributed by atoms with E-state index in [2.05, 4.69) is 29.3 Å². The molecule has 0 spiro atoms. The lowest BCUT2D eigenvalue weighted by Crippen LogP contribution is -2.49. The highest BCUT2D eigenvalue weighted by atomic mass is 32.2. The first-order chi connectivity index (χ1) is 16.5. The number of aromatic nitrogens is 2. The standard InChI is InChI=1S/C26H27N5O2S/c1-20(21-10-4-2-5-11-21)27-25-23-14-8-9-15-24(23)28-26(29-25)30-16-18-31(19-17-30)34(32,33)22-12-6-3-7-13-22/h2-15,20H,16-19H2,1H3,(H,27,28,29)/t20-/m1/s1. The van der Waals surface area contributed by atoms with Gasteiger partial charge in [-0.05, 0) is 36.8 Å². The summed E-state index contributed by atoms with van der Waals surface area (Å²) in [5.74, 6) is 1.38. The largest absolute Gasteiger partial charge is 0.363 e. The summed E-state index contributed by atoms with van der Waals surface area (Å²) in [7, 11) is -3.50. The van der Waals surface area contributed by atoms with Gasteiger partial charge in [-0.25, -0.2) is 13.4 Å². The maximum absolute atomic E-state index is 13.0. The number of para-hydroxylation sites is 1. The molecule has 1 aliphatic rings. The molecule has 0 bridgehead atoms. The van der Waals surface area contributed by atoms with Gasteiger partial charge in [0.2, 0.25) is 16.0 Å². The average Bonchev–Trinajstić information content (AvgIpc) is 2.89. The van der Waals surface area contributed by atoms with Gasteiger partial charge in [0.25, 0.3) is 0 Å². The number of rotatable bonds is 6. The van der Waals surface area contributed by atoms with Crippen LogP contribution in [0, 0.1) is 0 Å². The minimum Gasteiger partial charge on any atom is -0.363 e. The van der Waals surface area contributed by atoms with Crippen LogP contribution in [0.25, 0.3) is 10.9 Å². The van der Waals surface area contributed by atoms with Crippen molar-refractivity contribution >= 4 is 32.7 Å². The second-order valence-corrected chi connectivity index (χ2v) is 10.3. The third-order valence-corrected chi connectivity index (χ3v) is 8.06. The molecule has 3 aromatic carbocycles. The summed E-state index contributed by atoms with van der Waals surface area (Å²) < 4.78 is 27.5. The quantitative estimate of drug-likeness (QED) is 0.450. The Balaban J connectivity index is 1.38. The highest BCUT2D eigenvalue weighted by molar-refractivity contribution is 7.89. The van der Waals surface area contributed by atoms with Crippen molar-refractivity contribution in [1.29, 1.82) is 0 Å².